The Hall–Kier alpha value is -0.0800. The zero-order valence-corrected chi connectivity index (χ0v) is 20.3. The van der Waals surface area contributed by atoms with E-state index in [0.29, 0.717) is 34.7 Å². The Bertz CT molecular complexity index is 680. The van der Waals surface area contributed by atoms with E-state index in [0.717, 1.165) is 42.6 Å². The van der Waals surface area contributed by atoms with Gasteiger partial charge in [-0.1, -0.05) is 41.0 Å². The highest BCUT2D eigenvalue weighted by Gasteiger charge is 2.69. The van der Waals surface area contributed by atoms with Crippen LogP contribution in [0.25, 0.3) is 0 Å². The summed E-state index contributed by atoms with van der Waals surface area (Å²) in [6.07, 6.45) is 14.6. The molecule has 2 heteroatoms. The van der Waals surface area contributed by atoms with Gasteiger partial charge in [0.15, 0.2) is 5.79 Å². The minimum Gasteiger partial charge on any atom is -0.349 e. The molecule has 2 aliphatic heterocycles. The molecule has 0 aromatic heterocycles. The van der Waals surface area contributed by atoms with Gasteiger partial charge in [-0.15, -0.1) is 0 Å². The van der Waals surface area contributed by atoms with Crippen molar-refractivity contribution in [2.75, 3.05) is 6.61 Å². The largest absolute Gasteiger partial charge is 0.349 e. The van der Waals surface area contributed by atoms with Crippen molar-refractivity contribution in [1.82, 2.24) is 0 Å². The second-order valence-corrected chi connectivity index (χ2v) is 13.6. The fraction of sp³-hybridized carbons (Fsp3) is 1.00. The molecule has 6 rings (SSSR count). The average Bonchev–Trinajstić information content (AvgIpc) is 3.16. The van der Waals surface area contributed by atoms with Crippen LogP contribution in [0.5, 0.6) is 0 Å². The summed E-state index contributed by atoms with van der Waals surface area (Å²) in [5, 5.41) is 0. The Morgan fingerprint density at radius 2 is 1.50 bits per heavy atom. The zero-order chi connectivity index (χ0) is 20.9. The third-order valence-corrected chi connectivity index (χ3v) is 12.2. The molecule has 0 N–H and O–H groups in total. The van der Waals surface area contributed by atoms with Crippen LogP contribution in [0.1, 0.15) is 98.8 Å². The molecule has 2 nitrogen and oxygen atoms in total. The maximum atomic E-state index is 6.93. The van der Waals surface area contributed by atoms with Gasteiger partial charge < -0.3 is 9.47 Å². The van der Waals surface area contributed by atoms with Crippen LogP contribution < -0.4 is 0 Å². The van der Waals surface area contributed by atoms with Crippen molar-refractivity contribution >= 4 is 0 Å². The number of fused-ring (bicyclic) bond motifs is 7. The number of hydrogen-bond donors (Lipinski definition) is 0. The first kappa shape index (κ1) is 20.5. The molecule has 0 bridgehead atoms. The summed E-state index contributed by atoms with van der Waals surface area (Å²) in [4.78, 5) is 0. The van der Waals surface area contributed by atoms with Gasteiger partial charge in [-0.3, -0.25) is 0 Å². The lowest BCUT2D eigenvalue weighted by atomic mass is 9.44. The summed E-state index contributed by atoms with van der Waals surface area (Å²) >= 11 is 0. The van der Waals surface area contributed by atoms with Crippen LogP contribution in [0, 0.1) is 58.2 Å². The fourth-order valence-electron chi connectivity index (χ4n) is 10.5. The van der Waals surface area contributed by atoms with E-state index in [9.17, 15) is 0 Å². The van der Waals surface area contributed by atoms with Gasteiger partial charge in [-0.2, -0.15) is 0 Å². The van der Waals surface area contributed by atoms with Crippen LogP contribution in [0.15, 0.2) is 0 Å². The first-order valence-electron chi connectivity index (χ1n) is 13.6. The summed E-state index contributed by atoms with van der Waals surface area (Å²) in [7, 11) is 0. The first-order valence-corrected chi connectivity index (χ1v) is 13.6. The zero-order valence-electron chi connectivity index (χ0n) is 20.3. The lowest BCUT2D eigenvalue weighted by molar-refractivity contribution is -0.273. The third kappa shape index (κ3) is 2.62. The number of hydrogen-bond acceptors (Lipinski definition) is 2. The molecule has 0 aromatic carbocycles. The van der Waals surface area contributed by atoms with E-state index in [2.05, 4.69) is 34.6 Å². The molecule has 1 spiro atoms. The molecule has 4 aliphatic carbocycles. The Labute approximate surface area is 185 Å². The highest BCUT2D eigenvalue weighted by Crippen LogP contribution is 2.71. The highest BCUT2D eigenvalue weighted by atomic mass is 16.7. The molecule has 2 saturated heterocycles. The Morgan fingerprint density at radius 3 is 2.27 bits per heavy atom. The molecule has 0 amide bonds. The van der Waals surface area contributed by atoms with Gasteiger partial charge in [-0.05, 0) is 104 Å². The maximum absolute atomic E-state index is 6.93. The van der Waals surface area contributed by atoms with Gasteiger partial charge in [0, 0.05) is 12.3 Å². The summed E-state index contributed by atoms with van der Waals surface area (Å²) < 4.78 is 13.4. The fourth-order valence-corrected chi connectivity index (χ4v) is 10.5. The average molecular weight is 415 g/mol. The minimum absolute atomic E-state index is 0.254. The second kappa shape index (κ2) is 6.72. The molecule has 0 aromatic rings. The third-order valence-electron chi connectivity index (χ3n) is 12.2. The lowest BCUT2D eigenvalue weighted by Gasteiger charge is -2.61. The summed E-state index contributed by atoms with van der Waals surface area (Å²) in [5.74, 6) is 6.52. The van der Waals surface area contributed by atoms with Gasteiger partial charge in [0.05, 0.1) is 12.7 Å². The second-order valence-electron chi connectivity index (χ2n) is 13.6. The molecular formula is C28H46O2. The quantitative estimate of drug-likeness (QED) is 0.422. The van der Waals surface area contributed by atoms with Crippen molar-refractivity contribution in [3.8, 4) is 0 Å². The van der Waals surface area contributed by atoms with Crippen molar-refractivity contribution in [3.63, 3.8) is 0 Å². The molecule has 2 heterocycles. The number of rotatable bonds is 0. The van der Waals surface area contributed by atoms with Gasteiger partial charge in [0.1, 0.15) is 0 Å². The molecule has 10 unspecified atom stereocenters. The van der Waals surface area contributed by atoms with Crippen molar-refractivity contribution in [2.45, 2.75) is 111 Å². The summed E-state index contributed by atoms with van der Waals surface area (Å²) in [6.45, 7) is 13.6. The molecule has 4 saturated carbocycles. The first-order chi connectivity index (χ1) is 14.3. The summed E-state index contributed by atoms with van der Waals surface area (Å²) in [6, 6.07) is 0. The van der Waals surface area contributed by atoms with E-state index in [4.69, 9.17) is 9.47 Å². The normalized spacial score (nSPS) is 62.5. The van der Waals surface area contributed by atoms with Crippen LogP contribution in [-0.4, -0.2) is 18.5 Å². The predicted molar refractivity (Wildman–Crippen MR) is 121 cm³/mol. The van der Waals surface area contributed by atoms with Crippen molar-refractivity contribution < 1.29 is 9.47 Å². The standard InChI is InChI=1S/C28H46O2/c1-17-8-11-26(4)20(14-17)6-7-21-22(26)10-12-27(5)23(21)15-24-25(27)19(3)28(30-24)13-9-18(2)16-29-28/h17-25H,6-16H2,1-5H3/t17?,18?,19?,20?,21?,22?,23?,24?,25?,26-,27-,28?/m0/s1. The van der Waals surface area contributed by atoms with Crippen molar-refractivity contribution in [1.29, 1.82) is 0 Å². The van der Waals surface area contributed by atoms with E-state index >= 15 is 0 Å². The lowest BCUT2D eigenvalue weighted by Crippen LogP contribution is -2.54. The van der Waals surface area contributed by atoms with Crippen LogP contribution in [0.2, 0.25) is 0 Å². The van der Waals surface area contributed by atoms with Gasteiger partial charge in [0.25, 0.3) is 0 Å². The topological polar surface area (TPSA) is 18.5 Å². The van der Waals surface area contributed by atoms with Crippen LogP contribution in [-0.2, 0) is 9.47 Å². The molecule has 170 valence electrons. The monoisotopic (exact) mass is 414 g/mol. The Balaban J connectivity index is 1.26. The van der Waals surface area contributed by atoms with Gasteiger partial charge >= 0.3 is 0 Å². The Kier molecular flexibility index (Phi) is 4.60. The molecule has 6 aliphatic rings. The van der Waals surface area contributed by atoms with E-state index in [1.165, 1.54) is 57.8 Å². The van der Waals surface area contributed by atoms with E-state index in [1.807, 2.05) is 0 Å². The smallest absolute Gasteiger partial charge is 0.171 e. The predicted octanol–water partition coefficient (Wildman–Crippen LogP) is 7.07. The van der Waals surface area contributed by atoms with Gasteiger partial charge in [-0.25, -0.2) is 0 Å². The highest BCUT2D eigenvalue weighted by molar-refractivity contribution is 5.15. The van der Waals surface area contributed by atoms with E-state index < -0.39 is 0 Å². The maximum Gasteiger partial charge on any atom is 0.171 e. The van der Waals surface area contributed by atoms with Gasteiger partial charge in [0.2, 0.25) is 0 Å². The SMILES string of the molecule is CC1CCC2(OC1)OC1CC3C4CCC5CC(C)CC[C@]5(C)C4CC[C@]3(C)C1C2C. The Morgan fingerprint density at radius 1 is 0.733 bits per heavy atom. The molecule has 12 atom stereocenters. The van der Waals surface area contributed by atoms with Crippen LogP contribution in [0.3, 0.4) is 0 Å². The van der Waals surface area contributed by atoms with Crippen molar-refractivity contribution in [2.24, 2.45) is 58.2 Å². The molecular weight excluding hydrogens is 368 g/mol. The summed E-state index contributed by atoms with van der Waals surface area (Å²) in [5.41, 5.74) is 1.11. The number of ether oxygens (including phenoxy) is 2. The van der Waals surface area contributed by atoms with Crippen LogP contribution >= 0.6 is 0 Å². The molecule has 6 fully saturated rings. The molecule has 0 radical (unpaired) electrons. The van der Waals surface area contributed by atoms with E-state index in [1.54, 1.807) is 0 Å². The molecule has 30 heavy (non-hydrogen) atoms. The van der Waals surface area contributed by atoms with E-state index in [-0.39, 0.29) is 5.79 Å². The van der Waals surface area contributed by atoms with Crippen molar-refractivity contribution in [3.05, 3.63) is 0 Å². The minimum atomic E-state index is -0.254. The van der Waals surface area contributed by atoms with Crippen LogP contribution in [0.4, 0.5) is 0 Å².